The molecule has 1 saturated heterocycles. The van der Waals surface area contributed by atoms with Crippen LogP contribution in [0.25, 0.3) is 0 Å². The number of hydrogen-bond donors (Lipinski definition) is 1. The summed E-state index contributed by atoms with van der Waals surface area (Å²) >= 11 is 0. The van der Waals surface area contributed by atoms with Crippen LogP contribution in [-0.4, -0.2) is 37.0 Å². The van der Waals surface area contributed by atoms with E-state index in [2.05, 4.69) is 0 Å². The van der Waals surface area contributed by atoms with Gasteiger partial charge in [0, 0.05) is 18.8 Å². The average molecular weight is 280 g/mol. The van der Waals surface area contributed by atoms with Crippen molar-refractivity contribution in [3.63, 3.8) is 0 Å². The molecule has 0 bridgehead atoms. The Bertz CT molecular complexity index is 533. The Morgan fingerprint density at radius 3 is 2.85 bits per heavy atom. The second-order valence-electron chi connectivity index (χ2n) is 4.85. The minimum atomic E-state index is -0.481. The molecule has 1 aliphatic heterocycles. The number of rotatable bonds is 2. The molecule has 1 atom stereocenters. The van der Waals surface area contributed by atoms with Crippen molar-refractivity contribution in [1.82, 2.24) is 4.90 Å². The number of ether oxygens (including phenoxy) is 1. The largest absolute Gasteiger partial charge is 0.469 e. The smallest absolute Gasteiger partial charge is 0.310 e. The Labute approximate surface area is 116 Å². The van der Waals surface area contributed by atoms with Crippen LogP contribution < -0.4 is 5.73 Å². The van der Waals surface area contributed by atoms with E-state index in [9.17, 15) is 14.0 Å². The van der Waals surface area contributed by atoms with Gasteiger partial charge in [0.1, 0.15) is 5.82 Å². The highest BCUT2D eigenvalue weighted by atomic mass is 19.1. The van der Waals surface area contributed by atoms with E-state index in [-0.39, 0.29) is 29.0 Å². The van der Waals surface area contributed by atoms with Gasteiger partial charge in [0.15, 0.2) is 0 Å². The first-order chi connectivity index (χ1) is 9.52. The van der Waals surface area contributed by atoms with Crippen LogP contribution in [0.3, 0.4) is 0 Å². The number of carbonyl (C=O) groups is 2. The Hall–Kier alpha value is -2.11. The van der Waals surface area contributed by atoms with Crippen molar-refractivity contribution in [2.45, 2.75) is 12.8 Å². The molecule has 1 aromatic carbocycles. The standard InChI is InChI=1S/C14H17FN2O3/c1-20-14(19)9-3-2-6-17(8-9)13(18)11-5-4-10(15)7-12(11)16/h4-5,7,9H,2-3,6,8,16H2,1H3. The second kappa shape index (κ2) is 5.90. The van der Waals surface area contributed by atoms with Gasteiger partial charge in [0.05, 0.1) is 18.6 Å². The number of anilines is 1. The van der Waals surface area contributed by atoms with Crippen LogP contribution in [-0.2, 0) is 9.53 Å². The quantitative estimate of drug-likeness (QED) is 0.657. The molecule has 108 valence electrons. The van der Waals surface area contributed by atoms with E-state index < -0.39 is 5.82 Å². The summed E-state index contributed by atoms with van der Waals surface area (Å²) < 4.78 is 17.7. The molecule has 1 fully saturated rings. The summed E-state index contributed by atoms with van der Waals surface area (Å²) in [5.74, 6) is -1.38. The van der Waals surface area contributed by atoms with Gasteiger partial charge in [-0.1, -0.05) is 0 Å². The van der Waals surface area contributed by atoms with Crippen molar-refractivity contribution in [2.24, 2.45) is 5.92 Å². The lowest BCUT2D eigenvalue weighted by molar-refractivity contribution is -0.146. The lowest BCUT2D eigenvalue weighted by atomic mass is 9.97. The first-order valence-electron chi connectivity index (χ1n) is 6.45. The van der Waals surface area contributed by atoms with E-state index in [1.807, 2.05) is 0 Å². The third kappa shape index (κ3) is 2.89. The summed E-state index contributed by atoms with van der Waals surface area (Å²) in [6.45, 7) is 0.867. The van der Waals surface area contributed by atoms with Crippen molar-refractivity contribution < 1.29 is 18.7 Å². The number of benzene rings is 1. The third-order valence-corrected chi connectivity index (χ3v) is 3.49. The van der Waals surface area contributed by atoms with E-state index in [4.69, 9.17) is 10.5 Å². The monoisotopic (exact) mass is 280 g/mol. The number of methoxy groups -OCH3 is 1. The zero-order valence-corrected chi connectivity index (χ0v) is 11.3. The lowest BCUT2D eigenvalue weighted by Crippen LogP contribution is -2.42. The minimum Gasteiger partial charge on any atom is -0.469 e. The van der Waals surface area contributed by atoms with Crippen LogP contribution in [0.1, 0.15) is 23.2 Å². The molecule has 0 radical (unpaired) electrons. The molecule has 0 aliphatic carbocycles. The van der Waals surface area contributed by atoms with Gasteiger partial charge in [0.25, 0.3) is 5.91 Å². The maximum absolute atomic E-state index is 13.0. The van der Waals surface area contributed by atoms with Gasteiger partial charge < -0.3 is 15.4 Å². The van der Waals surface area contributed by atoms with E-state index in [0.717, 1.165) is 12.5 Å². The molecule has 1 aliphatic rings. The van der Waals surface area contributed by atoms with Gasteiger partial charge in [-0.25, -0.2) is 4.39 Å². The molecule has 0 saturated carbocycles. The van der Waals surface area contributed by atoms with Crippen LogP contribution in [0.2, 0.25) is 0 Å². The topological polar surface area (TPSA) is 72.6 Å². The zero-order valence-electron chi connectivity index (χ0n) is 11.3. The van der Waals surface area contributed by atoms with Crippen LogP contribution in [0, 0.1) is 11.7 Å². The molecule has 5 nitrogen and oxygen atoms in total. The molecule has 2 rings (SSSR count). The van der Waals surface area contributed by atoms with Crippen LogP contribution >= 0.6 is 0 Å². The average Bonchev–Trinajstić information content (AvgIpc) is 2.46. The van der Waals surface area contributed by atoms with Gasteiger partial charge in [-0.2, -0.15) is 0 Å². The number of hydrogen-bond acceptors (Lipinski definition) is 4. The van der Waals surface area contributed by atoms with Crippen LogP contribution in [0.5, 0.6) is 0 Å². The van der Waals surface area contributed by atoms with Crippen molar-refractivity contribution in [3.8, 4) is 0 Å². The number of likely N-dealkylation sites (tertiary alicyclic amines) is 1. The lowest BCUT2D eigenvalue weighted by Gasteiger charge is -2.31. The second-order valence-corrected chi connectivity index (χ2v) is 4.85. The molecule has 0 aromatic heterocycles. The van der Waals surface area contributed by atoms with Gasteiger partial charge in [-0.05, 0) is 31.0 Å². The number of piperidine rings is 1. The molecular weight excluding hydrogens is 263 g/mol. The molecule has 2 N–H and O–H groups in total. The molecule has 1 unspecified atom stereocenters. The highest BCUT2D eigenvalue weighted by Crippen LogP contribution is 2.22. The molecule has 6 heteroatoms. The van der Waals surface area contributed by atoms with Crippen molar-refractivity contribution in [1.29, 1.82) is 0 Å². The van der Waals surface area contributed by atoms with Crippen molar-refractivity contribution in [2.75, 3.05) is 25.9 Å². The van der Waals surface area contributed by atoms with E-state index >= 15 is 0 Å². The Morgan fingerprint density at radius 2 is 2.20 bits per heavy atom. The first-order valence-corrected chi connectivity index (χ1v) is 6.45. The van der Waals surface area contributed by atoms with Crippen molar-refractivity contribution >= 4 is 17.6 Å². The maximum atomic E-state index is 13.0. The Balaban J connectivity index is 2.14. The Morgan fingerprint density at radius 1 is 1.45 bits per heavy atom. The summed E-state index contributed by atoms with van der Waals surface area (Å²) in [4.78, 5) is 25.5. The summed E-state index contributed by atoms with van der Waals surface area (Å²) in [7, 11) is 1.33. The summed E-state index contributed by atoms with van der Waals surface area (Å²) in [5, 5.41) is 0. The maximum Gasteiger partial charge on any atom is 0.310 e. The van der Waals surface area contributed by atoms with Crippen molar-refractivity contribution in [3.05, 3.63) is 29.6 Å². The number of nitrogens with two attached hydrogens (primary N) is 1. The zero-order chi connectivity index (χ0) is 14.7. The molecule has 1 aromatic rings. The molecule has 1 heterocycles. The Kier molecular flexibility index (Phi) is 4.22. The van der Waals surface area contributed by atoms with E-state index in [1.165, 1.54) is 19.2 Å². The summed E-state index contributed by atoms with van der Waals surface area (Å²) in [5.41, 5.74) is 6.04. The minimum absolute atomic E-state index is 0.107. The summed E-state index contributed by atoms with van der Waals surface area (Å²) in [6.07, 6.45) is 1.43. The van der Waals surface area contributed by atoms with Crippen LogP contribution in [0.15, 0.2) is 18.2 Å². The van der Waals surface area contributed by atoms with Gasteiger partial charge in [-0.3, -0.25) is 9.59 Å². The van der Waals surface area contributed by atoms with E-state index in [1.54, 1.807) is 4.90 Å². The fourth-order valence-electron chi connectivity index (χ4n) is 2.42. The predicted molar refractivity (Wildman–Crippen MR) is 71.5 cm³/mol. The van der Waals surface area contributed by atoms with E-state index in [0.29, 0.717) is 19.5 Å². The van der Waals surface area contributed by atoms with Gasteiger partial charge >= 0.3 is 5.97 Å². The highest BCUT2D eigenvalue weighted by molar-refractivity contribution is 5.99. The number of nitrogens with zero attached hydrogens (tertiary/aromatic N) is 1. The molecule has 20 heavy (non-hydrogen) atoms. The van der Waals surface area contributed by atoms with Crippen LogP contribution in [0.4, 0.5) is 10.1 Å². The van der Waals surface area contributed by atoms with Gasteiger partial charge in [-0.15, -0.1) is 0 Å². The predicted octanol–water partition coefficient (Wildman–Crippen LogP) is 1.43. The fourth-order valence-corrected chi connectivity index (χ4v) is 2.42. The van der Waals surface area contributed by atoms with Gasteiger partial charge in [0.2, 0.25) is 0 Å². The molecule has 0 spiro atoms. The summed E-state index contributed by atoms with van der Waals surface area (Å²) in [6, 6.07) is 3.69. The molecule has 1 amide bonds. The first kappa shape index (κ1) is 14.3. The normalized spacial score (nSPS) is 18.7. The number of amides is 1. The fraction of sp³-hybridized carbons (Fsp3) is 0.429. The SMILES string of the molecule is COC(=O)C1CCCN(C(=O)c2ccc(F)cc2N)C1. The third-order valence-electron chi connectivity index (χ3n) is 3.49. The molecular formula is C14H17FN2O3. The number of nitrogen functional groups attached to an aromatic ring is 1. The number of esters is 1. The number of carbonyl (C=O) groups excluding carboxylic acids is 2. The highest BCUT2D eigenvalue weighted by Gasteiger charge is 2.30. The number of halogens is 1.